The third-order valence-electron chi connectivity index (χ3n) is 5.44. The van der Waals surface area contributed by atoms with Crippen molar-refractivity contribution in [1.82, 2.24) is 15.1 Å². The number of hydrogen-bond donors (Lipinski definition) is 2. The molecule has 0 aliphatic carbocycles. The maximum atomic E-state index is 13.3. The van der Waals surface area contributed by atoms with Gasteiger partial charge >= 0.3 is 0 Å². The second-order valence-corrected chi connectivity index (χ2v) is 7.34. The van der Waals surface area contributed by atoms with E-state index in [9.17, 15) is 9.90 Å². The Balaban J connectivity index is 1.86. The number of benzene rings is 2. The first-order valence-electron chi connectivity index (χ1n) is 10.7. The number of nitrogens with zero attached hydrogens (tertiary/aromatic N) is 2. The number of H-pyrrole nitrogens is 1. The molecule has 2 aromatic carbocycles. The van der Waals surface area contributed by atoms with Crippen molar-refractivity contribution in [1.29, 1.82) is 0 Å². The van der Waals surface area contributed by atoms with Crippen molar-refractivity contribution >= 4 is 5.91 Å². The quantitative estimate of drug-likeness (QED) is 0.529. The fourth-order valence-corrected chi connectivity index (χ4v) is 4.08. The summed E-state index contributed by atoms with van der Waals surface area (Å²) in [6.07, 6.45) is 0. The van der Waals surface area contributed by atoms with E-state index in [4.69, 9.17) is 14.2 Å². The lowest BCUT2D eigenvalue weighted by atomic mass is 9.95. The topological polar surface area (TPSA) is 96.9 Å². The molecule has 1 aliphatic heterocycles. The van der Waals surface area contributed by atoms with E-state index in [1.54, 1.807) is 30.2 Å². The summed E-state index contributed by atoms with van der Waals surface area (Å²) in [4.78, 5) is 15.0. The molecule has 0 fully saturated rings. The van der Waals surface area contributed by atoms with Gasteiger partial charge in [0.25, 0.3) is 5.91 Å². The van der Waals surface area contributed by atoms with Gasteiger partial charge in [-0.05, 0) is 43.7 Å². The minimum absolute atomic E-state index is 0.102. The number of phenolic OH excluding ortho intramolecular Hbond substituents is 1. The molecular formula is C24H27N3O5. The molecule has 0 spiro atoms. The smallest absolute Gasteiger partial charge is 0.273 e. The van der Waals surface area contributed by atoms with E-state index in [0.29, 0.717) is 54.8 Å². The molecule has 2 N–H and O–H groups in total. The average molecular weight is 437 g/mol. The van der Waals surface area contributed by atoms with Gasteiger partial charge in [0.1, 0.15) is 17.1 Å². The van der Waals surface area contributed by atoms with Crippen molar-refractivity contribution in [3.05, 3.63) is 59.3 Å². The van der Waals surface area contributed by atoms with Crippen molar-refractivity contribution in [3.8, 4) is 28.5 Å². The van der Waals surface area contributed by atoms with Crippen LogP contribution in [0, 0.1) is 0 Å². The van der Waals surface area contributed by atoms with Crippen molar-refractivity contribution in [2.24, 2.45) is 0 Å². The number of hydrogen-bond acceptors (Lipinski definition) is 6. The Kier molecular flexibility index (Phi) is 6.32. The number of para-hydroxylation sites is 1. The summed E-state index contributed by atoms with van der Waals surface area (Å²) in [5.41, 5.74) is 3.10. The predicted octanol–water partition coefficient (Wildman–Crippen LogP) is 3.77. The molecule has 1 atom stereocenters. The molecule has 0 saturated heterocycles. The predicted molar refractivity (Wildman–Crippen MR) is 119 cm³/mol. The van der Waals surface area contributed by atoms with Crippen LogP contribution in [-0.4, -0.2) is 59.6 Å². The molecule has 2 heterocycles. The standard InChI is InChI=1S/C24H27N3O5/c1-4-31-18-11-10-15(14-19(18)32-5-2)23-20-21(16-8-6-7-9-17(16)28)25-26-22(20)24(29)27(23)12-13-30-3/h6-11,14,23,28H,4-5,12-13H2,1-3H3,(H,25,26)/t23-/m0/s1. The molecule has 0 saturated carbocycles. The van der Waals surface area contributed by atoms with Crippen LogP contribution >= 0.6 is 0 Å². The Morgan fingerprint density at radius 3 is 2.56 bits per heavy atom. The third kappa shape index (κ3) is 3.78. The Labute approximate surface area is 186 Å². The van der Waals surface area contributed by atoms with E-state index in [1.165, 1.54) is 0 Å². The van der Waals surface area contributed by atoms with Crippen LogP contribution in [0.1, 0.15) is 41.5 Å². The summed E-state index contributed by atoms with van der Waals surface area (Å²) in [6.45, 7) is 5.63. The highest BCUT2D eigenvalue weighted by Crippen LogP contribution is 2.45. The molecular weight excluding hydrogens is 410 g/mol. The minimum Gasteiger partial charge on any atom is -0.507 e. The Morgan fingerprint density at radius 2 is 1.84 bits per heavy atom. The van der Waals surface area contributed by atoms with Crippen molar-refractivity contribution < 1.29 is 24.1 Å². The van der Waals surface area contributed by atoms with E-state index < -0.39 is 6.04 Å². The summed E-state index contributed by atoms with van der Waals surface area (Å²) < 4.78 is 16.8. The second kappa shape index (κ2) is 9.32. The van der Waals surface area contributed by atoms with Crippen LogP contribution in [0.15, 0.2) is 42.5 Å². The number of rotatable bonds is 9. The van der Waals surface area contributed by atoms with E-state index in [0.717, 1.165) is 11.1 Å². The van der Waals surface area contributed by atoms with Gasteiger partial charge in [0.2, 0.25) is 0 Å². The number of methoxy groups -OCH3 is 1. The zero-order chi connectivity index (χ0) is 22.7. The zero-order valence-electron chi connectivity index (χ0n) is 18.4. The van der Waals surface area contributed by atoms with E-state index in [1.807, 2.05) is 38.1 Å². The molecule has 0 bridgehead atoms. The first kappa shape index (κ1) is 21.7. The summed E-state index contributed by atoms with van der Waals surface area (Å²) in [7, 11) is 1.61. The van der Waals surface area contributed by atoms with Gasteiger partial charge in [-0.15, -0.1) is 0 Å². The number of amides is 1. The zero-order valence-corrected chi connectivity index (χ0v) is 18.4. The third-order valence-corrected chi connectivity index (χ3v) is 5.44. The second-order valence-electron chi connectivity index (χ2n) is 7.34. The molecule has 8 heteroatoms. The average Bonchev–Trinajstić information content (AvgIpc) is 3.33. The highest BCUT2D eigenvalue weighted by Gasteiger charge is 2.42. The molecule has 1 aromatic heterocycles. The number of carbonyl (C=O) groups is 1. The summed E-state index contributed by atoms with van der Waals surface area (Å²) >= 11 is 0. The summed E-state index contributed by atoms with van der Waals surface area (Å²) in [6, 6.07) is 12.3. The highest BCUT2D eigenvalue weighted by atomic mass is 16.5. The monoisotopic (exact) mass is 437 g/mol. The molecule has 1 amide bonds. The molecule has 4 rings (SSSR count). The molecule has 0 radical (unpaired) electrons. The van der Waals surface area contributed by atoms with Gasteiger partial charge in [-0.3, -0.25) is 9.89 Å². The molecule has 0 unspecified atom stereocenters. The number of aromatic nitrogens is 2. The van der Waals surface area contributed by atoms with Gasteiger partial charge in [0.05, 0.1) is 25.9 Å². The molecule has 3 aromatic rings. The van der Waals surface area contributed by atoms with Crippen molar-refractivity contribution in [2.45, 2.75) is 19.9 Å². The lowest BCUT2D eigenvalue weighted by Crippen LogP contribution is -2.32. The first-order valence-corrected chi connectivity index (χ1v) is 10.7. The number of fused-ring (bicyclic) bond motifs is 1. The molecule has 1 aliphatic rings. The van der Waals surface area contributed by atoms with Gasteiger partial charge in [-0.1, -0.05) is 18.2 Å². The van der Waals surface area contributed by atoms with Crippen LogP contribution in [0.3, 0.4) is 0 Å². The summed E-state index contributed by atoms with van der Waals surface area (Å²) in [5.74, 6) is 1.21. The largest absolute Gasteiger partial charge is 0.507 e. The number of aromatic hydroxyl groups is 1. The van der Waals surface area contributed by atoms with Crippen molar-refractivity contribution in [3.63, 3.8) is 0 Å². The molecule has 168 valence electrons. The number of aromatic amines is 1. The Hall–Kier alpha value is -3.52. The number of nitrogens with one attached hydrogen (secondary N) is 1. The minimum atomic E-state index is -0.420. The number of phenols is 1. The molecule has 8 nitrogen and oxygen atoms in total. The van der Waals surface area contributed by atoms with E-state index in [2.05, 4.69) is 10.2 Å². The lowest BCUT2D eigenvalue weighted by Gasteiger charge is -2.27. The normalized spacial score (nSPS) is 15.2. The maximum Gasteiger partial charge on any atom is 0.273 e. The van der Waals surface area contributed by atoms with Crippen molar-refractivity contribution in [2.75, 3.05) is 33.5 Å². The fourth-order valence-electron chi connectivity index (χ4n) is 4.08. The van der Waals surface area contributed by atoms with Gasteiger partial charge < -0.3 is 24.2 Å². The molecule has 32 heavy (non-hydrogen) atoms. The first-order chi connectivity index (χ1) is 15.6. The lowest BCUT2D eigenvalue weighted by molar-refractivity contribution is 0.0677. The summed E-state index contributed by atoms with van der Waals surface area (Å²) in [5, 5.41) is 17.7. The number of carbonyl (C=O) groups excluding carboxylic acids is 1. The SMILES string of the molecule is CCOc1ccc([C@H]2c3c(-c4ccccc4O)n[nH]c3C(=O)N2CCOC)cc1OCC. The van der Waals surface area contributed by atoms with Crippen LogP contribution in [0.2, 0.25) is 0 Å². The van der Waals surface area contributed by atoms with E-state index >= 15 is 0 Å². The van der Waals surface area contributed by atoms with Crippen LogP contribution < -0.4 is 9.47 Å². The maximum absolute atomic E-state index is 13.3. The van der Waals surface area contributed by atoms with Gasteiger partial charge in [-0.25, -0.2) is 0 Å². The highest BCUT2D eigenvalue weighted by molar-refractivity contribution is 6.00. The van der Waals surface area contributed by atoms with E-state index in [-0.39, 0.29) is 11.7 Å². The van der Waals surface area contributed by atoms with Gasteiger partial charge in [-0.2, -0.15) is 5.10 Å². The van der Waals surface area contributed by atoms with Gasteiger partial charge in [0.15, 0.2) is 11.5 Å². The van der Waals surface area contributed by atoms with Crippen LogP contribution in [0.4, 0.5) is 0 Å². The Morgan fingerprint density at radius 1 is 1.09 bits per heavy atom. The van der Waals surface area contributed by atoms with Crippen LogP contribution in [0.5, 0.6) is 17.2 Å². The van der Waals surface area contributed by atoms with Crippen LogP contribution in [0.25, 0.3) is 11.3 Å². The Bertz CT molecular complexity index is 1110. The van der Waals surface area contributed by atoms with Gasteiger partial charge in [0, 0.05) is 24.8 Å². The van der Waals surface area contributed by atoms with Crippen LogP contribution in [-0.2, 0) is 4.74 Å². The number of ether oxygens (including phenoxy) is 3. The fraction of sp³-hybridized carbons (Fsp3) is 0.333.